The van der Waals surface area contributed by atoms with Crippen LogP contribution in [0.2, 0.25) is 0 Å². The molecule has 0 saturated carbocycles. The average Bonchev–Trinajstić information content (AvgIpc) is 3.37. The summed E-state index contributed by atoms with van der Waals surface area (Å²) in [6.45, 7) is 0.369. The third-order valence-electron chi connectivity index (χ3n) is 6.73. The van der Waals surface area contributed by atoms with E-state index in [-0.39, 0.29) is 27.6 Å². The number of nitrogens with zero attached hydrogens (tertiary/aromatic N) is 1. The molecule has 0 fully saturated rings. The average molecular weight is 509 g/mol. The fourth-order valence-corrected chi connectivity index (χ4v) is 6.35. The van der Waals surface area contributed by atoms with Crippen LogP contribution in [0.4, 0.5) is 11.4 Å². The lowest BCUT2D eigenvalue weighted by atomic mass is 9.84. The van der Waals surface area contributed by atoms with E-state index in [1.165, 1.54) is 40.7 Å². The Labute approximate surface area is 213 Å². The van der Waals surface area contributed by atoms with E-state index in [2.05, 4.69) is 5.32 Å². The molecule has 37 heavy (non-hydrogen) atoms. The maximum atomic E-state index is 13.2. The number of hydrogen-bond acceptors (Lipinski definition) is 5. The van der Waals surface area contributed by atoms with Crippen molar-refractivity contribution in [1.29, 1.82) is 0 Å². The zero-order valence-corrected chi connectivity index (χ0v) is 20.3. The summed E-state index contributed by atoms with van der Waals surface area (Å²) < 4.78 is 27.8. The molecule has 1 heterocycles. The van der Waals surface area contributed by atoms with Crippen LogP contribution in [0.3, 0.4) is 0 Å². The van der Waals surface area contributed by atoms with Crippen molar-refractivity contribution in [2.45, 2.75) is 11.3 Å². The van der Waals surface area contributed by atoms with Crippen LogP contribution in [-0.2, 0) is 16.4 Å². The van der Waals surface area contributed by atoms with Gasteiger partial charge in [-0.1, -0.05) is 42.5 Å². The molecule has 0 saturated heterocycles. The molecular weight excluding hydrogens is 488 g/mol. The van der Waals surface area contributed by atoms with Crippen molar-refractivity contribution in [2.24, 2.45) is 0 Å². The lowest BCUT2D eigenvalue weighted by Crippen LogP contribution is -2.29. The molecule has 0 aromatic heterocycles. The lowest BCUT2D eigenvalue weighted by molar-refractivity contribution is 0.0979. The molecule has 0 spiro atoms. The smallest absolute Gasteiger partial charge is 0.264 e. The summed E-state index contributed by atoms with van der Waals surface area (Å²) in [5.74, 6) is -0.981. The molecule has 4 aromatic carbocycles. The normalized spacial score (nSPS) is 14.1. The van der Waals surface area contributed by atoms with E-state index in [1.807, 2.05) is 18.2 Å². The second-order valence-corrected chi connectivity index (χ2v) is 10.8. The Bertz CT molecular complexity index is 1730. The van der Waals surface area contributed by atoms with Crippen LogP contribution >= 0.6 is 0 Å². The van der Waals surface area contributed by atoms with E-state index in [9.17, 15) is 22.8 Å². The minimum atomic E-state index is -3.77. The van der Waals surface area contributed by atoms with E-state index >= 15 is 0 Å². The molecular formula is C29H20N2O5S. The molecule has 0 atom stereocenters. The monoisotopic (exact) mass is 508 g/mol. The predicted molar refractivity (Wildman–Crippen MR) is 139 cm³/mol. The molecule has 4 aromatic rings. The summed E-state index contributed by atoms with van der Waals surface area (Å²) in [6.07, 6.45) is 0.649. The van der Waals surface area contributed by atoms with E-state index in [1.54, 1.807) is 36.4 Å². The third kappa shape index (κ3) is 3.73. The van der Waals surface area contributed by atoms with Crippen molar-refractivity contribution in [3.63, 3.8) is 0 Å². The lowest BCUT2D eigenvalue weighted by Gasteiger charge is -2.19. The Morgan fingerprint density at radius 2 is 1.35 bits per heavy atom. The van der Waals surface area contributed by atoms with Gasteiger partial charge in [0, 0.05) is 40.0 Å². The number of fused-ring (bicyclic) bond motifs is 3. The van der Waals surface area contributed by atoms with Crippen LogP contribution in [0.5, 0.6) is 0 Å². The van der Waals surface area contributed by atoms with Crippen LogP contribution in [0, 0.1) is 0 Å². The first-order chi connectivity index (χ1) is 17.8. The Morgan fingerprint density at radius 1 is 0.730 bits per heavy atom. The Kier molecular flexibility index (Phi) is 5.27. The number of para-hydroxylation sites is 1. The quantitative estimate of drug-likeness (QED) is 0.386. The molecule has 1 N–H and O–H groups in total. The Balaban J connectivity index is 1.22. The van der Waals surface area contributed by atoms with Gasteiger partial charge in [-0.3, -0.25) is 18.7 Å². The minimum Gasteiger partial charge on any atom is -0.322 e. The van der Waals surface area contributed by atoms with Crippen molar-refractivity contribution in [2.75, 3.05) is 16.2 Å². The van der Waals surface area contributed by atoms with Gasteiger partial charge >= 0.3 is 0 Å². The number of anilines is 2. The largest absolute Gasteiger partial charge is 0.322 e. The molecule has 8 heteroatoms. The summed E-state index contributed by atoms with van der Waals surface area (Å²) in [5.41, 5.74) is 3.49. The Hall–Kier alpha value is -4.56. The van der Waals surface area contributed by atoms with Gasteiger partial charge in [0.05, 0.1) is 10.6 Å². The minimum absolute atomic E-state index is 0.0947. The molecule has 1 amide bonds. The van der Waals surface area contributed by atoms with Crippen LogP contribution < -0.4 is 9.62 Å². The van der Waals surface area contributed by atoms with Gasteiger partial charge in [-0.05, 0) is 60.5 Å². The molecule has 7 nitrogen and oxygen atoms in total. The molecule has 6 rings (SSSR count). The van der Waals surface area contributed by atoms with Gasteiger partial charge in [-0.15, -0.1) is 0 Å². The molecule has 1 aliphatic carbocycles. The van der Waals surface area contributed by atoms with E-state index in [4.69, 9.17) is 0 Å². The van der Waals surface area contributed by atoms with Crippen LogP contribution in [0.25, 0.3) is 0 Å². The number of benzene rings is 4. The van der Waals surface area contributed by atoms with E-state index in [0.717, 1.165) is 5.56 Å². The van der Waals surface area contributed by atoms with Gasteiger partial charge in [-0.2, -0.15) is 0 Å². The predicted octanol–water partition coefficient (Wildman–Crippen LogP) is 4.47. The number of rotatable bonds is 4. The second-order valence-electron chi connectivity index (χ2n) is 8.90. The van der Waals surface area contributed by atoms with Crippen LogP contribution in [0.1, 0.15) is 47.8 Å². The van der Waals surface area contributed by atoms with Gasteiger partial charge in [0.15, 0.2) is 11.6 Å². The molecule has 0 bridgehead atoms. The second kappa shape index (κ2) is 8.53. The molecule has 1 aliphatic heterocycles. The van der Waals surface area contributed by atoms with Gasteiger partial charge in [0.1, 0.15) is 0 Å². The van der Waals surface area contributed by atoms with Crippen LogP contribution in [0.15, 0.2) is 95.9 Å². The van der Waals surface area contributed by atoms with Gasteiger partial charge < -0.3 is 5.32 Å². The van der Waals surface area contributed by atoms with Gasteiger partial charge in [-0.25, -0.2) is 8.42 Å². The summed E-state index contributed by atoms with van der Waals surface area (Å²) in [7, 11) is -3.77. The topological polar surface area (TPSA) is 101 Å². The third-order valence-corrected chi connectivity index (χ3v) is 8.56. The number of sulfonamides is 1. The number of nitrogens with one attached hydrogen (secondary N) is 1. The number of ketones is 2. The molecule has 2 aliphatic rings. The zero-order valence-electron chi connectivity index (χ0n) is 19.5. The van der Waals surface area contributed by atoms with Crippen LogP contribution in [-0.4, -0.2) is 32.4 Å². The first-order valence-corrected chi connectivity index (χ1v) is 13.1. The highest BCUT2D eigenvalue weighted by Gasteiger charge is 2.31. The van der Waals surface area contributed by atoms with Crippen molar-refractivity contribution >= 4 is 38.9 Å². The van der Waals surface area contributed by atoms with Gasteiger partial charge in [0.25, 0.3) is 15.9 Å². The number of hydrogen-bond donors (Lipinski definition) is 1. The first-order valence-electron chi connectivity index (χ1n) is 11.7. The highest BCUT2D eigenvalue weighted by molar-refractivity contribution is 7.92. The molecule has 0 unspecified atom stereocenters. The standard InChI is InChI=1S/C29H20N2O5S/c32-27-22-6-2-3-7-23(22)28(33)25-17-20(11-14-24(25)27)30-29(34)19-9-12-21(13-10-19)37(35,36)31-16-15-18-5-1-4-8-26(18)31/h1-14,17H,15-16H2,(H,30,34). The zero-order chi connectivity index (χ0) is 25.7. The van der Waals surface area contributed by atoms with E-state index < -0.39 is 15.9 Å². The number of carbonyl (C=O) groups is 3. The van der Waals surface area contributed by atoms with Crippen molar-refractivity contribution in [3.8, 4) is 0 Å². The SMILES string of the molecule is O=C(Nc1ccc2c(c1)C(=O)c1ccccc1C2=O)c1ccc(S(=O)(=O)N2CCc3ccccc32)cc1. The maximum Gasteiger partial charge on any atom is 0.264 e. The number of amides is 1. The van der Waals surface area contributed by atoms with E-state index in [0.29, 0.717) is 41.0 Å². The fourth-order valence-electron chi connectivity index (χ4n) is 4.84. The summed E-state index contributed by atoms with van der Waals surface area (Å²) >= 11 is 0. The molecule has 0 radical (unpaired) electrons. The highest BCUT2D eigenvalue weighted by Crippen LogP contribution is 2.33. The maximum absolute atomic E-state index is 13.2. The fraction of sp³-hybridized carbons (Fsp3) is 0.0690. The number of carbonyl (C=O) groups excluding carboxylic acids is 3. The summed E-state index contributed by atoms with van der Waals surface area (Å²) in [4.78, 5) is 38.7. The van der Waals surface area contributed by atoms with Gasteiger partial charge in [0.2, 0.25) is 0 Å². The van der Waals surface area contributed by atoms with Crippen molar-refractivity contribution < 1.29 is 22.8 Å². The molecule has 182 valence electrons. The Morgan fingerprint density at radius 3 is 2.08 bits per heavy atom. The highest BCUT2D eigenvalue weighted by atomic mass is 32.2. The summed E-state index contributed by atoms with van der Waals surface area (Å²) in [6, 6.07) is 24.4. The van der Waals surface area contributed by atoms with Crippen molar-refractivity contribution in [3.05, 3.63) is 124 Å². The van der Waals surface area contributed by atoms with Crippen molar-refractivity contribution in [1.82, 2.24) is 0 Å². The first kappa shape index (κ1) is 22.9. The summed E-state index contributed by atoms with van der Waals surface area (Å²) in [5, 5.41) is 2.73.